The van der Waals surface area contributed by atoms with Gasteiger partial charge in [0.15, 0.2) is 5.82 Å². The Bertz CT molecular complexity index is 770. The van der Waals surface area contributed by atoms with E-state index in [-0.39, 0.29) is 0 Å². The maximum Gasteiger partial charge on any atom is 0.151 e. The maximum atomic E-state index is 6.06. The molecule has 0 saturated heterocycles. The molecule has 0 bridgehead atoms. The van der Waals surface area contributed by atoms with Crippen molar-refractivity contribution in [1.29, 1.82) is 0 Å². The normalized spacial score (nSPS) is 15.2. The minimum atomic E-state index is 0.574. The Hall–Kier alpha value is -1.52. The summed E-state index contributed by atoms with van der Waals surface area (Å²) in [6.45, 7) is 0. The lowest BCUT2D eigenvalue weighted by Gasteiger charge is -2.05. The lowest BCUT2D eigenvalue weighted by Crippen LogP contribution is -1.95. The number of benzene rings is 1. The molecule has 3 nitrogen and oxygen atoms in total. The van der Waals surface area contributed by atoms with E-state index < -0.39 is 0 Å². The maximum absolute atomic E-state index is 6.06. The van der Waals surface area contributed by atoms with Crippen molar-refractivity contribution < 1.29 is 0 Å². The highest BCUT2D eigenvalue weighted by Gasteiger charge is 2.29. The van der Waals surface area contributed by atoms with Gasteiger partial charge < -0.3 is 10.3 Å². The second kappa shape index (κ2) is 3.99. The van der Waals surface area contributed by atoms with E-state index in [1.807, 2.05) is 24.3 Å². The summed E-state index contributed by atoms with van der Waals surface area (Å²) in [7, 11) is 0. The molecular weight excluding hydrogens is 278 g/mol. The van der Waals surface area contributed by atoms with E-state index in [9.17, 15) is 0 Å². The zero-order valence-electron chi connectivity index (χ0n) is 10.1. The molecule has 1 aliphatic carbocycles. The van der Waals surface area contributed by atoms with E-state index in [1.165, 1.54) is 12.8 Å². The molecule has 0 atom stereocenters. The molecule has 96 valence electrons. The monoisotopic (exact) mass is 289 g/mol. The molecule has 1 aliphatic rings. The number of halogens is 1. The largest absolute Gasteiger partial charge is 0.391 e. The van der Waals surface area contributed by atoms with Gasteiger partial charge in [0, 0.05) is 11.1 Å². The molecule has 0 unspecified atom stereocenters. The third-order valence-corrected chi connectivity index (χ3v) is 4.56. The van der Waals surface area contributed by atoms with Gasteiger partial charge in [-0.05, 0) is 43.2 Å². The van der Waals surface area contributed by atoms with Crippen molar-refractivity contribution in [3.8, 4) is 10.7 Å². The highest BCUT2D eigenvalue weighted by Crippen LogP contribution is 2.43. The van der Waals surface area contributed by atoms with Crippen LogP contribution in [0.3, 0.4) is 0 Å². The molecule has 0 aliphatic heterocycles. The van der Waals surface area contributed by atoms with Crippen LogP contribution < -0.4 is 5.73 Å². The summed E-state index contributed by atoms with van der Waals surface area (Å²) in [5.74, 6) is 1.02. The molecule has 4 rings (SSSR count). The second-order valence-electron chi connectivity index (χ2n) is 4.87. The van der Waals surface area contributed by atoms with Gasteiger partial charge in [-0.1, -0.05) is 11.6 Å². The van der Waals surface area contributed by atoms with Crippen LogP contribution >= 0.6 is 22.9 Å². The third-order valence-electron chi connectivity index (χ3n) is 3.41. The summed E-state index contributed by atoms with van der Waals surface area (Å²) in [5, 5.41) is 1.55. The van der Waals surface area contributed by atoms with E-state index in [4.69, 9.17) is 22.3 Å². The molecular formula is C14H12ClN3S. The number of rotatable bonds is 2. The molecule has 5 heteroatoms. The van der Waals surface area contributed by atoms with Gasteiger partial charge in [-0.25, -0.2) is 4.98 Å². The van der Waals surface area contributed by atoms with Crippen LogP contribution in [0, 0.1) is 0 Å². The van der Waals surface area contributed by atoms with Crippen molar-refractivity contribution in [2.45, 2.75) is 18.9 Å². The summed E-state index contributed by atoms with van der Waals surface area (Å²) in [5.41, 5.74) is 7.96. The Morgan fingerprint density at radius 2 is 2.11 bits per heavy atom. The lowest BCUT2D eigenvalue weighted by molar-refractivity contribution is 0.777. The fraction of sp³-hybridized carbons (Fsp3) is 0.214. The zero-order chi connectivity index (χ0) is 13.0. The van der Waals surface area contributed by atoms with Crippen LogP contribution in [-0.2, 0) is 0 Å². The van der Waals surface area contributed by atoms with Crippen LogP contribution in [-0.4, -0.2) is 9.55 Å². The van der Waals surface area contributed by atoms with Gasteiger partial charge >= 0.3 is 0 Å². The minimum Gasteiger partial charge on any atom is -0.391 e. The van der Waals surface area contributed by atoms with E-state index in [1.54, 1.807) is 11.3 Å². The van der Waals surface area contributed by atoms with Crippen LogP contribution in [0.5, 0.6) is 0 Å². The number of aromatic nitrogens is 2. The molecule has 1 fully saturated rings. The Balaban J connectivity index is 2.01. The van der Waals surface area contributed by atoms with Crippen LogP contribution in [0.2, 0.25) is 5.02 Å². The number of imidazole rings is 1. The Morgan fingerprint density at radius 1 is 1.26 bits per heavy atom. The van der Waals surface area contributed by atoms with Crippen molar-refractivity contribution >= 4 is 39.0 Å². The third kappa shape index (κ3) is 1.83. The molecule has 2 heterocycles. The Labute approximate surface area is 119 Å². The van der Waals surface area contributed by atoms with Crippen LogP contribution in [0.1, 0.15) is 18.9 Å². The SMILES string of the molecule is Nc1ccc(-c2nc3cc(Cl)ccc3n2C2CC2)s1. The van der Waals surface area contributed by atoms with Crippen LogP contribution in [0.15, 0.2) is 30.3 Å². The first kappa shape index (κ1) is 11.3. The van der Waals surface area contributed by atoms with Crippen LogP contribution in [0.25, 0.3) is 21.7 Å². The number of thiophene rings is 1. The molecule has 2 aromatic heterocycles. The van der Waals surface area contributed by atoms with Crippen LogP contribution in [0.4, 0.5) is 5.00 Å². The molecule has 1 saturated carbocycles. The van der Waals surface area contributed by atoms with Gasteiger partial charge in [-0.2, -0.15) is 0 Å². The molecule has 19 heavy (non-hydrogen) atoms. The smallest absolute Gasteiger partial charge is 0.151 e. The molecule has 2 N–H and O–H groups in total. The van der Waals surface area contributed by atoms with E-state index >= 15 is 0 Å². The number of hydrogen-bond acceptors (Lipinski definition) is 3. The predicted octanol–water partition coefficient (Wildman–Crippen LogP) is 4.34. The summed E-state index contributed by atoms with van der Waals surface area (Å²) < 4.78 is 2.33. The zero-order valence-corrected chi connectivity index (χ0v) is 11.7. The molecule has 1 aromatic carbocycles. The predicted molar refractivity (Wildman–Crippen MR) is 80.7 cm³/mol. The Morgan fingerprint density at radius 3 is 2.79 bits per heavy atom. The number of nitrogens with two attached hydrogens (primary N) is 1. The highest BCUT2D eigenvalue weighted by molar-refractivity contribution is 7.19. The van der Waals surface area contributed by atoms with Crippen molar-refractivity contribution in [2.24, 2.45) is 0 Å². The van der Waals surface area contributed by atoms with Crippen molar-refractivity contribution in [1.82, 2.24) is 9.55 Å². The van der Waals surface area contributed by atoms with Crippen molar-refractivity contribution in [3.63, 3.8) is 0 Å². The minimum absolute atomic E-state index is 0.574. The lowest BCUT2D eigenvalue weighted by atomic mass is 10.3. The fourth-order valence-corrected chi connectivity index (χ4v) is 3.35. The first-order valence-corrected chi connectivity index (χ1v) is 7.45. The quantitative estimate of drug-likeness (QED) is 0.763. The van der Waals surface area contributed by atoms with Gasteiger partial charge in [-0.15, -0.1) is 11.3 Å². The fourth-order valence-electron chi connectivity index (χ4n) is 2.42. The van der Waals surface area contributed by atoms with E-state index in [2.05, 4.69) is 10.6 Å². The van der Waals surface area contributed by atoms with Gasteiger partial charge in [0.1, 0.15) is 0 Å². The van der Waals surface area contributed by atoms with Gasteiger partial charge in [-0.3, -0.25) is 0 Å². The number of anilines is 1. The average Bonchev–Trinajstić information content (AvgIpc) is 3.02. The molecule has 0 amide bonds. The summed E-state index contributed by atoms with van der Waals surface area (Å²) in [6.07, 6.45) is 2.45. The first-order valence-electron chi connectivity index (χ1n) is 6.25. The Kier molecular flexibility index (Phi) is 2.37. The van der Waals surface area contributed by atoms with E-state index in [0.29, 0.717) is 6.04 Å². The van der Waals surface area contributed by atoms with Gasteiger partial charge in [0.25, 0.3) is 0 Å². The molecule has 3 aromatic rings. The first-order chi connectivity index (χ1) is 9.22. The highest BCUT2D eigenvalue weighted by atomic mass is 35.5. The van der Waals surface area contributed by atoms with Crippen molar-refractivity contribution in [3.05, 3.63) is 35.4 Å². The number of nitrogen functional groups attached to an aromatic ring is 1. The van der Waals surface area contributed by atoms with Gasteiger partial charge in [0.2, 0.25) is 0 Å². The number of nitrogens with zero attached hydrogens (tertiary/aromatic N) is 2. The van der Waals surface area contributed by atoms with E-state index in [0.717, 1.165) is 31.8 Å². The average molecular weight is 290 g/mol. The molecule has 0 radical (unpaired) electrons. The number of fused-ring (bicyclic) bond motifs is 1. The number of hydrogen-bond donors (Lipinski definition) is 1. The summed E-state index contributed by atoms with van der Waals surface area (Å²) in [4.78, 5) is 5.87. The van der Waals surface area contributed by atoms with Gasteiger partial charge in [0.05, 0.1) is 20.9 Å². The summed E-state index contributed by atoms with van der Waals surface area (Å²) in [6, 6.07) is 10.5. The standard InChI is InChI=1S/C14H12ClN3S/c15-8-1-4-11-10(7-8)17-14(18(11)9-2-3-9)12-5-6-13(16)19-12/h1,4-7,9H,2-3,16H2. The second-order valence-corrected chi connectivity index (χ2v) is 6.42. The topological polar surface area (TPSA) is 43.8 Å². The van der Waals surface area contributed by atoms with Crippen molar-refractivity contribution in [2.75, 3.05) is 5.73 Å². The summed E-state index contributed by atoms with van der Waals surface area (Å²) >= 11 is 7.64. The molecule has 0 spiro atoms.